The van der Waals surface area contributed by atoms with Gasteiger partial charge in [-0.3, -0.25) is 5.41 Å². The monoisotopic (exact) mass is 273 g/mol. The largest absolute Gasteiger partial charge is 0.384 e. The number of aryl methyl sites for hydroxylation is 1. The van der Waals surface area contributed by atoms with Crippen molar-refractivity contribution in [3.8, 4) is 0 Å². The molecule has 1 heterocycles. The molecule has 0 saturated carbocycles. The van der Waals surface area contributed by atoms with E-state index in [1.54, 1.807) is 18.3 Å². The van der Waals surface area contributed by atoms with Gasteiger partial charge in [0.2, 0.25) is 0 Å². The van der Waals surface area contributed by atoms with Crippen molar-refractivity contribution in [1.29, 1.82) is 5.41 Å². The summed E-state index contributed by atoms with van der Waals surface area (Å²) in [5.74, 6) is 1.22. The molecule has 0 aliphatic heterocycles. The fourth-order valence-corrected chi connectivity index (χ4v) is 1.29. The van der Waals surface area contributed by atoms with Crippen LogP contribution in [0, 0.1) is 12.3 Å². The molecule has 0 amide bonds. The van der Waals surface area contributed by atoms with Crippen molar-refractivity contribution >= 4 is 17.4 Å². The number of rotatable bonds is 4. The van der Waals surface area contributed by atoms with E-state index in [1.165, 1.54) is 0 Å². The quantitative estimate of drug-likeness (QED) is 0.447. The molecule has 5 heteroatoms. The zero-order valence-corrected chi connectivity index (χ0v) is 12.6. The topological polar surface area (TPSA) is 87.2 Å². The van der Waals surface area contributed by atoms with Crippen molar-refractivity contribution in [3.05, 3.63) is 48.4 Å². The first-order chi connectivity index (χ1) is 9.31. The molecule has 0 atom stereocenters. The Morgan fingerprint density at radius 1 is 1.50 bits per heavy atom. The molecule has 108 valence electrons. The van der Waals surface area contributed by atoms with Gasteiger partial charge < -0.3 is 11.1 Å². The number of nitrogens with two attached hydrogens (primary N) is 1. The molecule has 0 spiro atoms. The Bertz CT molecular complexity index is 525. The van der Waals surface area contributed by atoms with Gasteiger partial charge in [-0.1, -0.05) is 12.7 Å². The highest BCUT2D eigenvalue weighted by Gasteiger charge is 2.04. The molecule has 1 aromatic heterocycles. The van der Waals surface area contributed by atoms with Gasteiger partial charge in [0.25, 0.3) is 0 Å². The number of nitrogens with zero attached hydrogens (tertiary/aromatic N) is 2. The number of aliphatic imine (C=N–C) groups is 1. The van der Waals surface area contributed by atoms with Crippen LogP contribution < -0.4 is 11.1 Å². The van der Waals surface area contributed by atoms with Gasteiger partial charge in [0.05, 0.1) is 0 Å². The Hall–Kier alpha value is -2.43. The van der Waals surface area contributed by atoms with Crippen molar-refractivity contribution in [2.24, 2.45) is 10.7 Å². The van der Waals surface area contributed by atoms with Crippen molar-refractivity contribution in [2.75, 3.05) is 5.32 Å². The third kappa shape index (κ3) is 6.49. The Labute approximate surface area is 120 Å². The highest BCUT2D eigenvalue weighted by molar-refractivity contribution is 5.95. The molecule has 0 saturated heterocycles. The number of nitrogens with one attached hydrogen (secondary N) is 2. The maximum atomic E-state index is 7.31. The predicted molar refractivity (Wildman–Crippen MR) is 87.4 cm³/mol. The molecule has 4 N–H and O–H groups in total. The number of amidine groups is 1. The van der Waals surface area contributed by atoms with Crippen molar-refractivity contribution in [2.45, 2.75) is 27.7 Å². The van der Waals surface area contributed by atoms with Gasteiger partial charge in [-0.15, -0.1) is 6.58 Å². The minimum atomic E-state index is 0.00778. The minimum Gasteiger partial charge on any atom is -0.384 e. The van der Waals surface area contributed by atoms with Crippen LogP contribution in [0.2, 0.25) is 0 Å². The first-order valence-corrected chi connectivity index (χ1v) is 6.17. The molecule has 5 nitrogen and oxygen atoms in total. The molecule has 1 rings (SSSR count). The number of hydrogen-bond donors (Lipinski definition) is 3. The average Bonchev–Trinajstić information content (AvgIpc) is 2.31. The van der Waals surface area contributed by atoms with Crippen LogP contribution in [0.3, 0.4) is 0 Å². The molecule has 0 aromatic carbocycles. The Morgan fingerprint density at radius 2 is 2.05 bits per heavy atom. The summed E-state index contributed by atoms with van der Waals surface area (Å²) in [5.41, 5.74) is 7.80. The fourth-order valence-electron chi connectivity index (χ4n) is 1.29. The second-order valence-corrected chi connectivity index (χ2v) is 4.34. The zero-order chi connectivity index (χ0) is 15.7. The van der Waals surface area contributed by atoms with Crippen LogP contribution in [0.5, 0.6) is 0 Å². The van der Waals surface area contributed by atoms with Gasteiger partial charge in [-0.25, -0.2) is 9.98 Å². The molecular formula is C15H23N5. The molecule has 0 aliphatic carbocycles. The van der Waals surface area contributed by atoms with Crippen LogP contribution in [0.15, 0.2) is 42.3 Å². The number of nitrogen functional groups attached to an aromatic ring is 1. The Morgan fingerprint density at radius 3 is 2.45 bits per heavy atom. The summed E-state index contributed by atoms with van der Waals surface area (Å²) in [6, 6.07) is 1.80. The van der Waals surface area contributed by atoms with Crippen LogP contribution in [-0.2, 0) is 0 Å². The fraction of sp³-hybridized carbons (Fsp3) is 0.267. The molecule has 20 heavy (non-hydrogen) atoms. The summed E-state index contributed by atoms with van der Waals surface area (Å²) in [5, 5.41) is 10.3. The molecule has 0 unspecified atom stereocenters. The van der Waals surface area contributed by atoms with Crippen LogP contribution in [0.1, 0.15) is 31.9 Å². The smallest absolute Gasteiger partial charge is 0.134 e. The molecule has 0 aliphatic rings. The highest BCUT2D eigenvalue weighted by Crippen LogP contribution is 2.14. The lowest BCUT2D eigenvalue weighted by Gasteiger charge is -2.09. The predicted octanol–water partition coefficient (Wildman–Crippen LogP) is 3.23. The summed E-state index contributed by atoms with van der Waals surface area (Å²) in [4.78, 5) is 8.36. The average molecular weight is 273 g/mol. The maximum absolute atomic E-state index is 7.31. The maximum Gasteiger partial charge on any atom is 0.134 e. The van der Waals surface area contributed by atoms with E-state index in [2.05, 4.69) is 28.5 Å². The molecule has 0 fully saturated rings. The first-order valence-electron chi connectivity index (χ1n) is 6.17. The van der Waals surface area contributed by atoms with E-state index >= 15 is 0 Å². The number of anilines is 1. The number of hydrogen-bond acceptors (Lipinski definition) is 4. The molecule has 0 bridgehead atoms. The second-order valence-electron chi connectivity index (χ2n) is 4.34. The standard InChI is InChI=1S/C12H17N5.C3H6/c1-7(2)16-9(4)17-12-8(3)5-10(6-15-12)11(13)14;1-3-2/h5-6H,4H2,1-3H3,(H3,13,14)(H,15,17);3H,1H2,2H3. The van der Waals surface area contributed by atoms with E-state index in [1.807, 2.05) is 27.7 Å². The minimum absolute atomic E-state index is 0.00778. The summed E-state index contributed by atoms with van der Waals surface area (Å²) < 4.78 is 0. The van der Waals surface area contributed by atoms with Crippen molar-refractivity contribution in [1.82, 2.24) is 4.98 Å². The lowest BCUT2D eigenvalue weighted by atomic mass is 10.2. The lowest BCUT2D eigenvalue weighted by molar-refractivity contribution is 1.19. The Kier molecular flexibility index (Phi) is 7.58. The first kappa shape index (κ1) is 17.6. The van der Waals surface area contributed by atoms with E-state index in [4.69, 9.17) is 11.1 Å². The molecule has 1 aromatic rings. The van der Waals surface area contributed by atoms with E-state index in [-0.39, 0.29) is 5.84 Å². The van der Waals surface area contributed by atoms with Gasteiger partial charge in [0.1, 0.15) is 17.5 Å². The van der Waals surface area contributed by atoms with Gasteiger partial charge in [0.15, 0.2) is 0 Å². The van der Waals surface area contributed by atoms with E-state index in [0.29, 0.717) is 17.2 Å². The van der Waals surface area contributed by atoms with Gasteiger partial charge >= 0.3 is 0 Å². The van der Waals surface area contributed by atoms with Crippen LogP contribution in [0.25, 0.3) is 0 Å². The van der Waals surface area contributed by atoms with E-state index in [9.17, 15) is 0 Å². The summed E-state index contributed by atoms with van der Waals surface area (Å²) in [6.45, 7) is 14.7. The highest BCUT2D eigenvalue weighted by atomic mass is 15.1. The van der Waals surface area contributed by atoms with Crippen LogP contribution >= 0.6 is 0 Å². The zero-order valence-electron chi connectivity index (χ0n) is 12.6. The number of aromatic nitrogens is 1. The summed E-state index contributed by atoms with van der Waals surface area (Å²) >= 11 is 0. The number of pyridine rings is 1. The van der Waals surface area contributed by atoms with Crippen LogP contribution in [-0.4, -0.2) is 16.5 Å². The summed E-state index contributed by atoms with van der Waals surface area (Å²) in [6.07, 6.45) is 3.30. The van der Waals surface area contributed by atoms with E-state index < -0.39 is 0 Å². The van der Waals surface area contributed by atoms with Gasteiger partial charge in [-0.2, -0.15) is 0 Å². The third-order valence-electron chi connectivity index (χ3n) is 2.01. The van der Waals surface area contributed by atoms with Gasteiger partial charge in [0, 0.05) is 17.5 Å². The SMILES string of the molecule is C=C(N=C(C)C)Nc1ncc(C(=N)N)cc1C.C=CC. The van der Waals surface area contributed by atoms with Crippen molar-refractivity contribution in [3.63, 3.8) is 0 Å². The van der Waals surface area contributed by atoms with Gasteiger partial charge in [-0.05, 0) is 39.3 Å². The Balaban J connectivity index is 0.00000110. The third-order valence-corrected chi connectivity index (χ3v) is 2.01. The normalized spacial score (nSPS) is 8.80. The summed E-state index contributed by atoms with van der Waals surface area (Å²) in [7, 11) is 0. The van der Waals surface area contributed by atoms with E-state index in [0.717, 1.165) is 11.3 Å². The van der Waals surface area contributed by atoms with Crippen molar-refractivity contribution < 1.29 is 0 Å². The van der Waals surface area contributed by atoms with Crippen LogP contribution in [0.4, 0.5) is 5.82 Å². The lowest BCUT2D eigenvalue weighted by Crippen LogP contribution is -2.12. The second kappa shape index (κ2) is 8.63. The molecular weight excluding hydrogens is 250 g/mol. The molecule has 0 radical (unpaired) electrons. The number of allylic oxidation sites excluding steroid dienone is 1.